The van der Waals surface area contributed by atoms with Crippen LogP contribution in [-0.4, -0.2) is 33.0 Å². The number of anilines is 1. The van der Waals surface area contributed by atoms with Crippen molar-refractivity contribution in [2.75, 3.05) is 17.7 Å². The summed E-state index contributed by atoms with van der Waals surface area (Å²) in [4.78, 5) is 12.5. The average Bonchev–Trinajstić information content (AvgIpc) is 3.20. The Hall–Kier alpha value is -2.58. The number of nitrogens with one attached hydrogen (secondary N) is 1. The molecule has 0 fully saturated rings. The van der Waals surface area contributed by atoms with E-state index < -0.39 is 0 Å². The van der Waals surface area contributed by atoms with Gasteiger partial charge in [-0.3, -0.25) is 4.79 Å². The zero-order valence-corrected chi connectivity index (χ0v) is 24.1. The van der Waals surface area contributed by atoms with Crippen molar-refractivity contribution in [2.45, 2.75) is 65.1 Å². The second kappa shape index (κ2) is 13.1. The smallest absolute Gasteiger partial charge is 0.234 e. The van der Waals surface area contributed by atoms with E-state index in [-0.39, 0.29) is 11.7 Å². The molecule has 1 amide bonds. The van der Waals surface area contributed by atoms with Gasteiger partial charge in [-0.1, -0.05) is 53.7 Å². The molecule has 1 heterocycles. The molecule has 6 nitrogen and oxygen atoms in total. The fourth-order valence-corrected chi connectivity index (χ4v) is 5.43. The number of ether oxygens (including phenoxy) is 1. The minimum Gasteiger partial charge on any atom is -0.493 e. The molecule has 0 radical (unpaired) electrons. The Labute approximate surface area is 227 Å². The Morgan fingerprint density at radius 2 is 1.94 bits per heavy atom. The summed E-state index contributed by atoms with van der Waals surface area (Å²) in [5, 5.41) is 12.4. The van der Waals surface area contributed by atoms with Gasteiger partial charge in [0.2, 0.25) is 5.91 Å². The fourth-order valence-electron chi connectivity index (χ4n) is 3.75. The van der Waals surface area contributed by atoms with Crippen molar-refractivity contribution in [3.8, 4) is 5.75 Å². The summed E-state index contributed by atoms with van der Waals surface area (Å²) < 4.78 is 9.24. The summed E-state index contributed by atoms with van der Waals surface area (Å²) in [6.07, 6.45) is 3.35. The van der Waals surface area contributed by atoms with Crippen LogP contribution in [0.1, 0.15) is 54.3 Å². The normalized spacial score (nSPS) is 11.1. The Kier molecular flexibility index (Phi) is 10.2. The molecule has 0 aliphatic carbocycles. The van der Waals surface area contributed by atoms with Crippen LogP contribution in [0.5, 0.6) is 5.75 Å². The molecule has 2 aromatic carbocycles. The van der Waals surface area contributed by atoms with Gasteiger partial charge in [0.1, 0.15) is 11.6 Å². The molecular formula is C28H35BrN4O2S. The molecule has 0 saturated heterocycles. The molecule has 0 atom stereocenters. The molecule has 0 aliphatic rings. The van der Waals surface area contributed by atoms with E-state index in [1.165, 1.54) is 22.9 Å². The third-order valence-corrected chi connectivity index (χ3v) is 7.60. The van der Waals surface area contributed by atoms with Crippen LogP contribution in [0.15, 0.2) is 52.6 Å². The summed E-state index contributed by atoms with van der Waals surface area (Å²) in [7, 11) is 0. The first kappa shape index (κ1) is 28.0. The van der Waals surface area contributed by atoms with Gasteiger partial charge < -0.3 is 14.6 Å². The van der Waals surface area contributed by atoms with Crippen molar-refractivity contribution in [2.24, 2.45) is 0 Å². The molecule has 1 aromatic heterocycles. The lowest BCUT2D eigenvalue weighted by Crippen LogP contribution is -2.15. The summed E-state index contributed by atoms with van der Waals surface area (Å²) >= 11 is 5.03. The highest BCUT2D eigenvalue weighted by molar-refractivity contribution is 9.10. The van der Waals surface area contributed by atoms with E-state index in [1.54, 1.807) is 0 Å². The highest BCUT2D eigenvalue weighted by atomic mass is 79.9. The van der Waals surface area contributed by atoms with E-state index in [1.807, 2.05) is 35.8 Å². The number of carbonyl (C=O) groups is 1. The van der Waals surface area contributed by atoms with Crippen LogP contribution in [0.3, 0.4) is 0 Å². The number of allylic oxidation sites excluding steroid dienone is 1. The van der Waals surface area contributed by atoms with Crippen LogP contribution in [0.4, 0.5) is 5.69 Å². The van der Waals surface area contributed by atoms with Crippen LogP contribution in [0.25, 0.3) is 0 Å². The topological polar surface area (TPSA) is 69.0 Å². The first-order valence-corrected chi connectivity index (χ1v) is 13.9. The Bertz CT molecular complexity index is 1220. The van der Waals surface area contributed by atoms with Crippen molar-refractivity contribution < 1.29 is 9.53 Å². The molecule has 8 heteroatoms. The number of benzene rings is 2. The number of aryl methyl sites for hydroxylation is 4. The summed E-state index contributed by atoms with van der Waals surface area (Å²) in [6.45, 7) is 15.5. The lowest BCUT2D eigenvalue weighted by Gasteiger charge is -2.15. The fraction of sp³-hybridized carbons (Fsp3) is 0.393. The molecular weight excluding hydrogens is 536 g/mol. The Balaban J connectivity index is 1.55. The molecule has 0 spiro atoms. The van der Waals surface area contributed by atoms with Gasteiger partial charge in [0, 0.05) is 23.1 Å². The van der Waals surface area contributed by atoms with Crippen molar-refractivity contribution in [3.63, 3.8) is 0 Å². The SMILES string of the molecule is C=CCn1c(CCCOc2cc(C(C)C)c(Br)cc2C)nnc1SCC(=O)Nc1ccc(C)c(C)c1. The lowest BCUT2D eigenvalue weighted by molar-refractivity contribution is -0.113. The van der Waals surface area contributed by atoms with Crippen molar-refractivity contribution in [1.29, 1.82) is 0 Å². The third-order valence-electron chi connectivity index (χ3n) is 5.95. The molecule has 0 aliphatic heterocycles. The zero-order chi connectivity index (χ0) is 26.2. The van der Waals surface area contributed by atoms with Crippen LogP contribution < -0.4 is 10.1 Å². The number of amides is 1. The number of rotatable bonds is 12. The number of hydrogen-bond donors (Lipinski definition) is 1. The first-order chi connectivity index (χ1) is 17.2. The second-order valence-corrected chi connectivity index (χ2v) is 11.0. The highest BCUT2D eigenvalue weighted by Gasteiger charge is 2.15. The summed E-state index contributed by atoms with van der Waals surface area (Å²) in [5.74, 6) is 2.38. The van der Waals surface area contributed by atoms with Crippen LogP contribution >= 0.6 is 27.7 Å². The maximum Gasteiger partial charge on any atom is 0.234 e. The Morgan fingerprint density at radius 3 is 2.64 bits per heavy atom. The Morgan fingerprint density at radius 1 is 1.17 bits per heavy atom. The minimum absolute atomic E-state index is 0.0722. The number of halogens is 1. The van der Waals surface area contributed by atoms with Crippen molar-refractivity contribution >= 4 is 39.3 Å². The standard InChI is InChI=1S/C28H35BrN4O2S/c1-7-12-33-26(9-8-13-35-25-16-23(18(2)3)24(29)15-21(25)6)31-32-28(33)36-17-27(34)30-22-11-10-19(4)20(5)14-22/h7,10-11,14-16,18H,1,8-9,12-13,17H2,2-6H3,(H,30,34). The number of aromatic nitrogens is 3. The maximum atomic E-state index is 12.5. The molecule has 36 heavy (non-hydrogen) atoms. The van der Waals surface area contributed by atoms with Gasteiger partial charge in [-0.15, -0.1) is 16.8 Å². The predicted octanol–water partition coefficient (Wildman–Crippen LogP) is 7.02. The van der Waals surface area contributed by atoms with Crippen LogP contribution in [0.2, 0.25) is 0 Å². The van der Waals surface area contributed by atoms with Crippen LogP contribution in [0, 0.1) is 20.8 Å². The number of nitrogens with zero attached hydrogens (tertiary/aromatic N) is 3. The van der Waals surface area contributed by atoms with E-state index >= 15 is 0 Å². The predicted molar refractivity (Wildman–Crippen MR) is 152 cm³/mol. The molecule has 1 N–H and O–H groups in total. The third kappa shape index (κ3) is 7.46. The van der Waals surface area contributed by atoms with Gasteiger partial charge in [0.25, 0.3) is 0 Å². The molecule has 0 unspecified atom stereocenters. The maximum absolute atomic E-state index is 12.5. The summed E-state index contributed by atoms with van der Waals surface area (Å²) in [6, 6.07) is 10.2. The van der Waals surface area contributed by atoms with Crippen molar-refractivity contribution in [1.82, 2.24) is 14.8 Å². The van der Waals surface area contributed by atoms with E-state index in [2.05, 4.69) is 77.9 Å². The van der Waals surface area contributed by atoms with Gasteiger partial charge in [-0.2, -0.15) is 0 Å². The molecule has 192 valence electrons. The minimum atomic E-state index is -0.0722. The average molecular weight is 572 g/mol. The number of thioether (sulfide) groups is 1. The van der Waals surface area contributed by atoms with Gasteiger partial charge in [0.05, 0.1) is 12.4 Å². The van der Waals surface area contributed by atoms with Gasteiger partial charge >= 0.3 is 0 Å². The second-order valence-electron chi connectivity index (χ2n) is 9.18. The van der Waals surface area contributed by atoms with E-state index in [4.69, 9.17) is 4.74 Å². The lowest BCUT2D eigenvalue weighted by atomic mass is 10.0. The number of hydrogen-bond acceptors (Lipinski definition) is 5. The molecule has 3 rings (SSSR count). The zero-order valence-electron chi connectivity index (χ0n) is 21.7. The van der Waals surface area contributed by atoms with Gasteiger partial charge in [-0.25, -0.2) is 0 Å². The number of carbonyl (C=O) groups excluding carboxylic acids is 1. The molecule has 0 saturated carbocycles. The van der Waals surface area contributed by atoms with Crippen LogP contribution in [-0.2, 0) is 17.8 Å². The largest absolute Gasteiger partial charge is 0.493 e. The highest BCUT2D eigenvalue weighted by Crippen LogP contribution is 2.31. The van der Waals surface area contributed by atoms with E-state index in [0.717, 1.165) is 45.7 Å². The first-order valence-electron chi connectivity index (χ1n) is 12.1. The van der Waals surface area contributed by atoms with Gasteiger partial charge in [0.15, 0.2) is 5.16 Å². The summed E-state index contributed by atoms with van der Waals surface area (Å²) in [5.41, 5.74) is 5.50. The molecule has 0 bridgehead atoms. The van der Waals surface area contributed by atoms with Crippen molar-refractivity contribution in [3.05, 3.63) is 75.5 Å². The van der Waals surface area contributed by atoms with Gasteiger partial charge in [-0.05, 0) is 79.6 Å². The monoisotopic (exact) mass is 570 g/mol. The quantitative estimate of drug-likeness (QED) is 0.144. The molecule has 3 aromatic rings. The van der Waals surface area contributed by atoms with E-state index in [0.29, 0.717) is 24.2 Å². The van der Waals surface area contributed by atoms with E-state index in [9.17, 15) is 4.79 Å².